The number of hydrogen-bond acceptors (Lipinski definition) is 6. The average Bonchev–Trinajstić information content (AvgIpc) is 3.35. The summed E-state index contributed by atoms with van der Waals surface area (Å²) in [6.45, 7) is 6.72. The van der Waals surface area contributed by atoms with Crippen molar-refractivity contribution in [3.8, 4) is 10.6 Å². The average molecular weight is 529 g/mol. The van der Waals surface area contributed by atoms with Gasteiger partial charge in [0.2, 0.25) is 6.29 Å². The summed E-state index contributed by atoms with van der Waals surface area (Å²) in [5.74, 6) is 0.491. The van der Waals surface area contributed by atoms with Gasteiger partial charge in [-0.25, -0.2) is 4.98 Å². The van der Waals surface area contributed by atoms with Crippen LogP contribution >= 0.6 is 11.3 Å². The van der Waals surface area contributed by atoms with Crippen molar-refractivity contribution < 1.29 is 19.4 Å². The van der Waals surface area contributed by atoms with Crippen LogP contribution in [0.25, 0.3) is 20.8 Å². The van der Waals surface area contributed by atoms with E-state index in [-0.39, 0.29) is 24.2 Å². The number of carbonyl (C=O) groups excluding carboxylic acids is 1. The molecule has 1 aliphatic rings. The van der Waals surface area contributed by atoms with Crippen LogP contribution in [0.2, 0.25) is 0 Å². The molecule has 0 aliphatic carbocycles. The first-order valence-corrected chi connectivity index (χ1v) is 13.7. The third kappa shape index (κ3) is 6.13. The molecule has 196 valence electrons. The highest BCUT2D eigenvalue weighted by atomic mass is 32.1. The first kappa shape index (κ1) is 26.1. The lowest BCUT2D eigenvalue weighted by Crippen LogP contribution is -2.31. The van der Waals surface area contributed by atoms with E-state index in [1.54, 1.807) is 11.3 Å². The second-order valence-corrected chi connectivity index (χ2v) is 11.1. The zero-order valence-electron chi connectivity index (χ0n) is 21.8. The maximum Gasteiger partial charge on any atom is 0.290 e. The van der Waals surface area contributed by atoms with Gasteiger partial charge in [0.15, 0.2) is 5.76 Å². The molecule has 1 amide bonds. The van der Waals surface area contributed by atoms with E-state index in [1.807, 2.05) is 60.7 Å². The maximum atomic E-state index is 13.1. The molecular formula is C31H32N2O4S. The maximum absolute atomic E-state index is 13.1. The Morgan fingerprint density at radius 2 is 1.84 bits per heavy atom. The Labute approximate surface area is 227 Å². The standard InChI is InChI=1S/C31H32N2O4S/c1-19(2)24-15-27(37-29(16-24)36-18-22-7-5-21(17-34)6-8-22)30(35)32-25-11-9-23(10-12-25)31-33-26-13-4-20(3)14-28(26)38-31/h4-15,19,24,29,34H,16-18H2,1-3H3,(H,32,35)/t24-,29+/m1/s1. The summed E-state index contributed by atoms with van der Waals surface area (Å²) in [4.78, 5) is 17.9. The molecule has 0 fully saturated rings. The molecule has 2 atom stereocenters. The number of aliphatic hydroxyl groups excluding tert-OH is 1. The second-order valence-electron chi connectivity index (χ2n) is 10.0. The van der Waals surface area contributed by atoms with Crippen LogP contribution in [0, 0.1) is 18.8 Å². The number of nitrogens with one attached hydrogen (secondary N) is 1. The number of anilines is 1. The number of fused-ring (bicyclic) bond motifs is 1. The highest BCUT2D eigenvalue weighted by Crippen LogP contribution is 2.32. The van der Waals surface area contributed by atoms with Gasteiger partial charge in [-0.05, 0) is 77.9 Å². The van der Waals surface area contributed by atoms with E-state index in [1.165, 1.54) is 5.56 Å². The van der Waals surface area contributed by atoms with Gasteiger partial charge in [0.25, 0.3) is 5.91 Å². The van der Waals surface area contributed by atoms with Crippen molar-refractivity contribution in [2.45, 2.75) is 46.7 Å². The smallest absolute Gasteiger partial charge is 0.290 e. The number of allylic oxidation sites excluding steroid dienone is 1. The van der Waals surface area contributed by atoms with E-state index in [4.69, 9.17) is 14.5 Å². The van der Waals surface area contributed by atoms with Crippen molar-refractivity contribution >= 4 is 33.1 Å². The Balaban J connectivity index is 1.24. The Morgan fingerprint density at radius 1 is 1.11 bits per heavy atom. The number of nitrogens with zero attached hydrogens (tertiary/aromatic N) is 1. The van der Waals surface area contributed by atoms with E-state index in [0.29, 0.717) is 24.6 Å². The van der Waals surface area contributed by atoms with Gasteiger partial charge in [-0.3, -0.25) is 4.79 Å². The van der Waals surface area contributed by atoms with Gasteiger partial charge < -0.3 is 19.9 Å². The van der Waals surface area contributed by atoms with E-state index in [0.717, 1.165) is 31.9 Å². The summed E-state index contributed by atoms with van der Waals surface area (Å²) < 4.78 is 13.2. The fraction of sp³-hybridized carbons (Fsp3) is 0.290. The monoisotopic (exact) mass is 528 g/mol. The van der Waals surface area contributed by atoms with Crippen molar-refractivity contribution in [1.82, 2.24) is 4.98 Å². The van der Waals surface area contributed by atoms with Crippen LogP contribution in [0.15, 0.2) is 78.6 Å². The van der Waals surface area contributed by atoms with Gasteiger partial charge in [0.1, 0.15) is 5.01 Å². The van der Waals surface area contributed by atoms with Crippen LogP contribution < -0.4 is 5.32 Å². The van der Waals surface area contributed by atoms with E-state index < -0.39 is 6.29 Å². The molecule has 38 heavy (non-hydrogen) atoms. The van der Waals surface area contributed by atoms with Gasteiger partial charge in [0.05, 0.1) is 23.4 Å². The molecular weight excluding hydrogens is 496 g/mol. The largest absolute Gasteiger partial charge is 0.459 e. The first-order valence-electron chi connectivity index (χ1n) is 12.9. The number of aryl methyl sites for hydroxylation is 1. The third-order valence-electron chi connectivity index (χ3n) is 6.74. The summed E-state index contributed by atoms with van der Waals surface area (Å²) in [5, 5.41) is 13.1. The van der Waals surface area contributed by atoms with E-state index in [2.05, 4.69) is 38.2 Å². The van der Waals surface area contributed by atoms with Gasteiger partial charge in [-0.2, -0.15) is 0 Å². The third-order valence-corrected chi connectivity index (χ3v) is 7.81. The number of aliphatic hydroxyl groups is 1. The van der Waals surface area contributed by atoms with Gasteiger partial charge in [-0.15, -0.1) is 11.3 Å². The lowest BCUT2D eigenvalue weighted by atomic mass is 9.90. The van der Waals surface area contributed by atoms with Crippen molar-refractivity contribution in [2.75, 3.05) is 5.32 Å². The zero-order valence-corrected chi connectivity index (χ0v) is 22.6. The van der Waals surface area contributed by atoms with E-state index in [9.17, 15) is 9.90 Å². The van der Waals surface area contributed by atoms with Crippen LogP contribution in [0.1, 0.15) is 37.0 Å². The van der Waals surface area contributed by atoms with E-state index >= 15 is 0 Å². The molecule has 0 unspecified atom stereocenters. The van der Waals surface area contributed by atoms with Crippen LogP contribution in [0.4, 0.5) is 5.69 Å². The van der Waals surface area contributed by atoms with Crippen LogP contribution in [0.3, 0.4) is 0 Å². The number of amides is 1. The molecule has 0 saturated carbocycles. The lowest BCUT2D eigenvalue weighted by Gasteiger charge is -2.31. The van der Waals surface area contributed by atoms with Crippen LogP contribution in [0.5, 0.6) is 0 Å². The zero-order chi connectivity index (χ0) is 26.6. The molecule has 0 radical (unpaired) electrons. The number of carbonyl (C=O) groups is 1. The number of aromatic nitrogens is 1. The molecule has 4 aromatic rings. The predicted molar refractivity (Wildman–Crippen MR) is 151 cm³/mol. The number of ether oxygens (including phenoxy) is 2. The van der Waals surface area contributed by atoms with Crippen molar-refractivity contribution in [2.24, 2.45) is 11.8 Å². The first-order chi connectivity index (χ1) is 18.4. The molecule has 0 bridgehead atoms. The number of hydrogen-bond donors (Lipinski definition) is 2. The van der Waals surface area contributed by atoms with Gasteiger partial charge >= 0.3 is 0 Å². The van der Waals surface area contributed by atoms with Crippen molar-refractivity contribution in [3.63, 3.8) is 0 Å². The van der Waals surface area contributed by atoms with Crippen molar-refractivity contribution in [3.05, 3.63) is 95.3 Å². The minimum absolute atomic E-state index is 0.0105. The highest BCUT2D eigenvalue weighted by molar-refractivity contribution is 7.21. The lowest BCUT2D eigenvalue weighted by molar-refractivity contribution is -0.152. The Kier molecular flexibility index (Phi) is 7.88. The Hall–Kier alpha value is -3.52. The molecule has 3 aromatic carbocycles. The molecule has 0 spiro atoms. The molecule has 1 aliphatic heterocycles. The van der Waals surface area contributed by atoms with Gasteiger partial charge in [-0.1, -0.05) is 44.2 Å². The highest BCUT2D eigenvalue weighted by Gasteiger charge is 2.29. The minimum Gasteiger partial charge on any atom is -0.459 e. The second kappa shape index (κ2) is 11.5. The number of rotatable bonds is 8. The van der Waals surface area contributed by atoms with Crippen molar-refractivity contribution in [1.29, 1.82) is 0 Å². The molecule has 0 saturated heterocycles. The SMILES string of the molecule is Cc1ccc2nc(-c3ccc(NC(=O)C4=C[C@@H](C(C)C)C[C@@H](OCc5ccc(CO)cc5)O4)cc3)sc2c1. The van der Waals surface area contributed by atoms with Gasteiger partial charge in [0, 0.05) is 17.7 Å². The molecule has 6 nitrogen and oxygen atoms in total. The molecule has 2 heterocycles. The molecule has 7 heteroatoms. The predicted octanol–water partition coefficient (Wildman–Crippen LogP) is 6.82. The minimum atomic E-state index is -0.518. The molecule has 1 aromatic heterocycles. The summed E-state index contributed by atoms with van der Waals surface area (Å²) in [5.41, 5.74) is 5.74. The quantitative estimate of drug-likeness (QED) is 0.262. The Morgan fingerprint density at radius 3 is 2.55 bits per heavy atom. The fourth-order valence-electron chi connectivity index (χ4n) is 4.38. The summed E-state index contributed by atoms with van der Waals surface area (Å²) in [6.07, 6.45) is 2.07. The van der Waals surface area contributed by atoms with Crippen LogP contribution in [-0.2, 0) is 27.5 Å². The fourth-order valence-corrected chi connectivity index (χ4v) is 5.45. The molecule has 5 rings (SSSR count). The Bertz CT molecular complexity index is 1440. The summed E-state index contributed by atoms with van der Waals surface area (Å²) in [7, 11) is 0. The topological polar surface area (TPSA) is 80.7 Å². The van der Waals surface area contributed by atoms with Crippen LogP contribution in [-0.4, -0.2) is 22.3 Å². The normalized spacial score (nSPS) is 17.3. The summed E-state index contributed by atoms with van der Waals surface area (Å²) in [6, 6.07) is 21.6. The number of benzene rings is 3. The number of thiazole rings is 1. The molecule has 2 N–H and O–H groups in total. The summed E-state index contributed by atoms with van der Waals surface area (Å²) >= 11 is 1.66.